The van der Waals surface area contributed by atoms with Crippen LogP contribution in [0.15, 0.2) is 10.1 Å². The van der Waals surface area contributed by atoms with Gasteiger partial charge >= 0.3 is 0 Å². The van der Waals surface area contributed by atoms with Crippen LogP contribution in [0.5, 0.6) is 0 Å². The highest BCUT2D eigenvalue weighted by Gasteiger charge is 2.04. The first-order valence-corrected chi connectivity index (χ1v) is 4.61. The number of rotatable bonds is 1. The maximum atomic E-state index is 8.67. The maximum absolute atomic E-state index is 8.67. The summed E-state index contributed by atoms with van der Waals surface area (Å²) in [6.07, 6.45) is 1.80. The van der Waals surface area contributed by atoms with Gasteiger partial charge in [0.05, 0.1) is 5.56 Å². The molecule has 0 spiro atoms. The summed E-state index contributed by atoms with van der Waals surface area (Å²) >= 11 is 6.15. The van der Waals surface area contributed by atoms with Crippen LogP contribution in [-0.4, -0.2) is 16.2 Å². The minimum Gasteiger partial charge on any atom is -0.759 e. The van der Waals surface area contributed by atoms with Gasteiger partial charge in [-0.3, -0.25) is 0 Å². The minimum absolute atomic E-state index is 0.114. The molecule has 0 radical (unpaired) electrons. The standard InChI is InChI=1S/C6H6N4S2/c1-12-5-3(2-7)4(11)9-6(8)10-5/h1H3,(H3,8,9,10,11)/p-1. The zero-order valence-corrected chi connectivity index (χ0v) is 7.87. The first kappa shape index (κ1) is 9.03. The van der Waals surface area contributed by atoms with Crippen molar-refractivity contribution in [3.05, 3.63) is 5.56 Å². The van der Waals surface area contributed by atoms with Crippen LogP contribution in [-0.2, 0) is 12.6 Å². The van der Waals surface area contributed by atoms with Gasteiger partial charge in [0.15, 0.2) is 0 Å². The van der Waals surface area contributed by atoms with Crippen LogP contribution in [0.4, 0.5) is 5.95 Å². The molecule has 2 N–H and O–H groups in total. The SMILES string of the molecule is CSc1nc(N)nc([S-])c1C#N. The van der Waals surface area contributed by atoms with Crippen molar-refractivity contribution in [1.82, 2.24) is 9.97 Å². The normalized spacial score (nSPS) is 9.33. The summed E-state index contributed by atoms with van der Waals surface area (Å²) in [6.45, 7) is 0. The lowest BCUT2D eigenvalue weighted by Gasteiger charge is -2.09. The third-order valence-electron chi connectivity index (χ3n) is 1.17. The number of aromatic nitrogens is 2. The summed E-state index contributed by atoms with van der Waals surface area (Å²) < 4.78 is 0. The molecule has 62 valence electrons. The molecular formula is C6H5N4S2-. The largest absolute Gasteiger partial charge is 0.759 e. The van der Waals surface area contributed by atoms with Gasteiger partial charge in [0, 0.05) is 0 Å². The van der Waals surface area contributed by atoms with E-state index in [1.54, 1.807) is 6.26 Å². The first-order valence-electron chi connectivity index (χ1n) is 2.97. The average molecular weight is 197 g/mol. The zero-order valence-electron chi connectivity index (χ0n) is 6.24. The van der Waals surface area contributed by atoms with Crippen LogP contribution in [0.2, 0.25) is 0 Å². The molecule has 4 nitrogen and oxygen atoms in total. The molecule has 0 atom stereocenters. The van der Waals surface area contributed by atoms with Gasteiger partial charge < -0.3 is 18.4 Å². The van der Waals surface area contributed by atoms with Crippen molar-refractivity contribution >= 4 is 30.3 Å². The molecule has 6 heteroatoms. The molecule has 0 unspecified atom stereocenters. The van der Waals surface area contributed by atoms with Crippen LogP contribution in [0, 0.1) is 11.3 Å². The van der Waals surface area contributed by atoms with Crippen LogP contribution in [0.1, 0.15) is 5.56 Å². The Morgan fingerprint density at radius 1 is 1.58 bits per heavy atom. The van der Waals surface area contributed by atoms with Gasteiger partial charge in [0.1, 0.15) is 11.1 Å². The Kier molecular flexibility index (Phi) is 2.68. The number of hydrogen-bond donors (Lipinski definition) is 1. The van der Waals surface area contributed by atoms with Crippen molar-refractivity contribution in [2.24, 2.45) is 0 Å². The molecule has 0 bridgehead atoms. The highest BCUT2D eigenvalue weighted by Crippen LogP contribution is 2.19. The molecule has 0 saturated heterocycles. The topological polar surface area (TPSA) is 75.6 Å². The number of nitrogen functional groups attached to an aromatic ring is 1. The van der Waals surface area contributed by atoms with Gasteiger partial charge in [0.25, 0.3) is 0 Å². The second-order valence-corrected chi connectivity index (χ2v) is 3.06. The molecule has 12 heavy (non-hydrogen) atoms. The van der Waals surface area contributed by atoms with Gasteiger partial charge in [-0.15, -0.1) is 11.8 Å². The zero-order chi connectivity index (χ0) is 9.14. The third kappa shape index (κ3) is 1.57. The van der Waals surface area contributed by atoms with Crippen molar-refractivity contribution in [1.29, 1.82) is 5.26 Å². The fourth-order valence-corrected chi connectivity index (χ4v) is 1.51. The molecule has 0 aliphatic carbocycles. The van der Waals surface area contributed by atoms with Crippen molar-refractivity contribution in [3.63, 3.8) is 0 Å². The fourth-order valence-electron chi connectivity index (χ4n) is 0.680. The first-order chi connectivity index (χ1) is 5.69. The number of thioether (sulfide) groups is 1. The third-order valence-corrected chi connectivity index (χ3v) is 2.14. The molecule has 0 amide bonds. The molecule has 1 aromatic heterocycles. The number of nitrogens with two attached hydrogens (primary N) is 1. The maximum Gasteiger partial charge on any atom is 0.219 e. The van der Waals surface area contributed by atoms with Crippen molar-refractivity contribution in [2.45, 2.75) is 10.1 Å². The van der Waals surface area contributed by atoms with E-state index in [1.165, 1.54) is 11.8 Å². The van der Waals surface area contributed by atoms with Crippen molar-refractivity contribution in [3.8, 4) is 6.07 Å². The number of anilines is 1. The van der Waals surface area contributed by atoms with Crippen molar-refractivity contribution in [2.75, 3.05) is 12.0 Å². The van der Waals surface area contributed by atoms with E-state index in [0.717, 1.165) is 0 Å². The minimum atomic E-state index is 0.114. The van der Waals surface area contributed by atoms with E-state index in [9.17, 15) is 0 Å². The summed E-state index contributed by atoms with van der Waals surface area (Å²) in [5.41, 5.74) is 5.67. The Morgan fingerprint density at radius 2 is 2.25 bits per heavy atom. The van der Waals surface area contributed by atoms with E-state index in [0.29, 0.717) is 10.6 Å². The van der Waals surface area contributed by atoms with E-state index >= 15 is 0 Å². The van der Waals surface area contributed by atoms with Gasteiger partial charge in [-0.2, -0.15) is 5.26 Å². The molecule has 0 aliphatic heterocycles. The number of nitrogens with zero attached hydrogens (tertiary/aromatic N) is 3. The molecule has 0 aliphatic rings. The predicted octanol–water partition coefficient (Wildman–Crippen LogP) is 0.558. The summed E-state index contributed by atoms with van der Waals surface area (Å²) in [5, 5.41) is 9.42. The van der Waals surface area contributed by atoms with E-state index in [4.69, 9.17) is 23.6 Å². The molecule has 1 heterocycles. The summed E-state index contributed by atoms with van der Waals surface area (Å²) in [6, 6.07) is 1.94. The molecule has 1 aromatic rings. The lowest BCUT2D eigenvalue weighted by atomic mass is 10.4. The smallest absolute Gasteiger partial charge is 0.219 e. The predicted molar refractivity (Wildman–Crippen MR) is 48.6 cm³/mol. The molecule has 0 saturated carbocycles. The van der Waals surface area contributed by atoms with E-state index in [2.05, 4.69) is 9.97 Å². The van der Waals surface area contributed by atoms with Crippen LogP contribution in [0.3, 0.4) is 0 Å². The van der Waals surface area contributed by atoms with E-state index < -0.39 is 0 Å². The second-order valence-electron chi connectivity index (χ2n) is 1.88. The van der Waals surface area contributed by atoms with E-state index in [-0.39, 0.29) is 11.0 Å². The Morgan fingerprint density at radius 3 is 2.75 bits per heavy atom. The quantitative estimate of drug-likeness (QED) is 0.403. The number of nitriles is 1. The average Bonchev–Trinajstić information content (AvgIpc) is 2.03. The van der Waals surface area contributed by atoms with Gasteiger partial charge in [-0.1, -0.05) is 5.03 Å². The molecule has 0 aromatic carbocycles. The van der Waals surface area contributed by atoms with Crippen LogP contribution < -0.4 is 5.73 Å². The summed E-state index contributed by atoms with van der Waals surface area (Å²) in [5.74, 6) is 0.114. The molecule has 0 fully saturated rings. The Bertz CT molecular complexity index is 344. The monoisotopic (exact) mass is 197 g/mol. The van der Waals surface area contributed by atoms with Crippen LogP contribution in [0.25, 0.3) is 0 Å². The highest BCUT2D eigenvalue weighted by molar-refractivity contribution is 7.98. The Hall–Kier alpha value is -1.06. The van der Waals surface area contributed by atoms with Crippen molar-refractivity contribution < 1.29 is 0 Å². The molecule has 1 rings (SSSR count). The lowest BCUT2D eigenvalue weighted by Crippen LogP contribution is -2.01. The fraction of sp³-hybridized carbons (Fsp3) is 0.167. The van der Waals surface area contributed by atoms with Crippen LogP contribution >= 0.6 is 11.8 Å². The highest BCUT2D eigenvalue weighted by atomic mass is 32.2. The van der Waals surface area contributed by atoms with Gasteiger partial charge in [-0.25, -0.2) is 9.97 Å². The summed E-state index contributed by atoms with van der Waals surface area (Å²) in [7, 11) is 0. The van der Waals surface area contributed by atoms with Gasteiger partial charge in [0.2, 0.25) is 5.95 Å². The number of hydrogen-bond acceptors (Lipinski definition) is 6. The summed E-state index contributed by atoms with van der Waals surface area (Å²) in [4.78, 5) is 7.56. The molecular weight excluding hydrogens is 192 g/mol. The second kappa shape index (κ2) is 3.56. The Labute approximate surface area is 79.6 Å². The van der Waals surface area contributed by atoms with Gasteiger partial charge in [-0.05, 0) is 6.26 Å². The lowest BCUT2D eigenvalue weighted by molar-refractivity contribution is 0.965. The Balaban J connectivity index is 3.36. The van der Waals surface area contributed by atoms with E-state index in [1.807, 2.05) is 6.07 Å².